The summed E-state index contributed by atoms with van der Waals surface area (Å²) < 4.78 is 65.9. The standard InChI is InChI=1S/C20H15F3N2O3S/c21-14-3-1-13(2-4-14)11-20(26)24-15-5-7-16(8-6-15)25-29(27,28)17-9-10-18(22)19(23)12-17/h1-10,12,25H,11H2,(H,24,26). The minimum atomic E-state index is -4.11. The molecule has 5 nitrogen and oxygen atoms in total. The summed E-state index contributed by atoms with van der Waals surface area (Å²) in [6, 6.07) is 13.6. The number of anilines is 2. The van der Waals surface area contributed by atoms with Crippen LogP contribution in [-0.2, 0) is 21.2 Å². The Morgan fingerprint density at radius 3 is 2.03 bits per heavy atom. The molecule has 0 radical (unpaired) electrons. The maximum Gasteiger partial charge on any atom is 0.261 e. The second kappa shape index (κ2) is 8.36. The Morgan fingerprint density at radius 1 is 0.793 bits per heavy atom. The van der Waals surface area contributed by atoms with E-state index in [4.69, 9.17) is 0 Å². The van der Waals surface area contributed by atoms with Crippen molar-refractivity contribution in [3.8, 4) is 0 Å². The first-order valence-corrected chi connectivity index (χ1v) is 9.83. The van der Waals surface area contributed by atoms with Crippen LogP contribution in [0, 0.1) is 17.5 Å². The molecule has 0 heterocycles. The van der Waals surface area contributed by atoms with Crippen LogP contribution < -0.4 is 10.0 Å². The topological polar surface area (TPSA) is 75.3 Å². The number of rotatable bonds is 6. The highest BCUT2D eigenvalue weighted by molar-refractivity contribution is 7.92. The van der Waals surface area contributed by atoms with Crippen molar-refractivity contribution in [1.29, 1.82) is 0 Å². The largest absolute Gasteiger partial charge is 0.326 e. The number of halogens is 3. The predicted octanol–water partition coefficient (Wildman–Crippen LogP) is 4.09. The Bertz CT molecular complexity index is 1130. The number of benzene rings is 3. The molecule has 0 aromatic heterocycles. The van der Waals surface area contributed by atoms with Crippen molar-refractivity contribution in [3.05, 3.63) is 89.7 Å². The Labute approximate surface area is 165 Å². The maximum atomic E-state index is 13.3. The van der Waals surface area contributed by atoms with E-state index in [-0.39, 0.29) is 18.0 Å². The van der Waals surface area contributed by atoms with Crippen LogP contribution in [0.2, 0.25) is 0 Å². The first kappa shape index (κ1) is 20.4. The molecule has 9 heteroatoms. The molecule has 2 N–H and O–H groups in total. The molecular weight excluding hydrogens is 405 g/mol. The Kier molecular flexibility index (Phi) is 5.88. The van der Waals surface area contributed by atoms with Gasteiger partial charge in [0.1, 0.15) is 5.82 Å². The molecule has 3 aromatic carbocycles. The van der Waals surface area contributed by atoms with Crippen molar-refractivity contribution < 1.29 is 26.4 Å². The van der Waals surface area contributed by atoms with E-state index in [1.807, 2.05) is 0 Å². The normalized spacial score (nSPS) is 11.1. The van der Waals surface area contributed by atoms with Gasteiger partial charge in [0, 0.05) is 11.4 Å². The summed E-state index contributed by atoms with van der Waals surface area (Å²) in [5.74, 6) is -3.14. The Hall–Kier alpha value is -3.33. The van der Waals surface area contributed by atoms with E-state index < -0.39 is 32.4 Å². The summed E-state index contributed by atoms with van der Waals surface area (Å²) in [6.07, 6.45) is 0.0464. The monoisotopic (exact) mass is 420 g/mol. The summed E-state index contributed by atoms with van der Waals surface area (Å²) in [6.45, 7) is 0. The lowest BCUT2D eigenvalue weighted by molar-refractivity contribution is -0.115. The molecule has 29 heavy (non-hydrogen) atoms. The van der Waals surface area contributed by atoms with Gasteiger partial charge in [0.15, 0.2) is 11.6 Å². The van der Waals surface area contributed by atoms with E-state index in [9.17, 15) is 26.4 Å². The van der Waals surface area contributed by atoms with E-state index in [1.54, 1.807) is 0 Å². The first-order valence-electron chi connectivity index (χ1n) is 8.35. The van der Waals surface area contributed by atoms with Gasteiger partial charge < -0.3 is 5.32 Å². The zero-order valence-electron chi connectivity index (χ0n) is 14.8. The molecule has 3 aromatic rings. The van der Waals surface area contributed by atoms with Gasteiger partial charge in [-0.05, 0) is 60.2 Å². The van der Waals surface area contributed by atoms with Crippen molar-refractivity contribution in [3.63, 3.8) is 0 Å². The number of hydrogen-bond acceptors (Lipinski definition) is 3. The number of hydrogen-bond donors (Lipinski definition) is 2. The van der Waals surface area contributed by atoms with Gasteiger partial charge in [-0.3, -0.25) is 9.52 Å². The molecule has 150 valence electrons. The lowest BCUT2D eigenvalue weighted by atomic mass is 10.1. The van der Waals surface area contributed by atoms with Gasteiger partial charge in [0.05, 0.1) is 11.3 Å². The molecule has 0 saturated carbocycles. The van der Waals surface area contributed by atoms with Crippen LogP contribution in [0.5, 0.6) is 0 Å². The van der Waals surface area contributed by atoms with Crippen molar-refractivity contribution in [1.82, 2.24) is 0 Å². The smallest absolute Gasteiger partial charge is 0.261 e. The highest BCUT2D eigenvalue weighted by Gasteiger charge is 2.16. The van der Waals surface area contributed by atoms with Gasteiger partial charge in [0.25, 0.3) is 10.0 Å². The lowest BCUT2D eigenvalue weighted by Gasteiger charge is -2.10. The summed E-state index contributed by atoms with van der Waals surface area (Å²) in [5.41, 5.74) is 1.24. The molecule has 1 amide bonds. The lowest BCUT2D eigenvalue weighted by Crippen LogP contribution is -2.15. The first-order chi connectivity index (χ1) is 13.7. The van der Waals surface area contributed by atoms with E-state index >= 15 is 0 Å². The summed E-state index contributed by atoms with van der Waals surface area (Å²) in [4.78, 5) is 11.6. The van der Waals surface area contributed by atoms with Crippen LogP contribution in [0.4, 0.5) is 24.5 Å². The van der Waals surface area contributed by atoms with Crippen LogP contribution in [0.1, 0.15) is 5.56 Å². The van der Waals surface area contributed by atoms with E-state index in [2.05, 4.69) is 10.0 Å². The van der Waals surface area contributed by atoms with Gasteiger partial charge in [0.2, 0.25) is 5.91 Å². The molecule has 0 bridgehead atoms. The second-order valence-corrected chi connectivity index (χ2v) is 7.79. The zero-order valence-corrected chi connectivity index (χ0v) is 15.6. The zero-order chi connectivity index (χ0) is 21.0. The fourth-order valence-corrected chi connectivity index (χ4v) is 3.54. The van der Waals surface area contributed by atoms with E-state index in [0.717, 1.165) is 12.1 Å². The Morgan fingerprint density at radius 2 is 1.41 bits per heavy atom. The maximum absolute atomic E-state index is 13.3. The number of carbonyl (C=O) groups excluding carboxylic acids is 1. The second-order valence-electron chi connectivity index (χ2n) is 6.11. The van der Waals surface area contributed by atoms with Gasteiger partial charge in [-0.15, -0.1) is 0 Å². The SMILES string of the molecule is O=C(Cc1ccc(F)cc1)Nc1ccc(NS(=O)(=O)c2ccc(F)c(F)c2)cc1. The summed E-state index contributed by atoms with van der Waals surface area (Å²) in [7, 11) is -4.11. The van der Waals surface area contributed by atoms with Gasteiger partial charge in [-0.1, -0.05) is 12.1 Å². The van der Waals surface area contributed by atoms with Crippen molar-refractivity contribution in [2.24, 2.45) is 0 Å². The number of nitrogens with one attached hydrogen (secondary N) is 2. The third-order valence-electron chi connectivity index (χ3n) is 3.90. The van der Waals surface area contributed by atoms with Gasteiger partial charge >= 0.3 is 0 Å². The molecule has 3 rings (SSSR count). The van der Waals surface area contributed by atoms with Gasteiger partial charge in [-0.2, -0.15) is 0 Å². The molecule has 0 aliphatic rings. The summed E-state index contributed by atoms with van der Waals surface area (Å²) >= 11 is 0. The highest BCUT2D eigenvalue weighted by Crippen LogP contribution is 2.20. The molecular formula is C20H15F3N2O3S. The van der Waals surface area contributed by atoms with E-state index in [1.165, 1.54) is 48.5 Å². The fraction of sp³-hybridized carbons (Fsp3) is 0.0500. The molecule has 0 saturated heterocycles. The average molecular weight is 420 g/mol. The third kappa shape index (κ3) is 5.35. The van der Waals surface area contributed by atoms with Crippen LogP contribution in [-0.4, -0.2) is 14.3 Å². The summed E-state index contributed by atoms with van der Waals surface area (Å²) in [5, 5.41) is 2.64. The van der Waals surface area contributed by atoms with E-state index in [0.29, 0.717) is 17.3 Å². The number of sulfonamides is 1. The van der Waals surface area contributed by atoms with Crippen LogP contribution in [0.3, 0.4) is 0 Å². The molecule has 0 fully saturated rings. The molecule has 0 atom stereocenters. The van der Waals surface area contributed by atoms with Crippen LogP contribution >= 0.6 is 0 Å². The predicted molar refractivity (Wildman–Crippen MR) is 102 cm³/mol. The average Bonchev–Trinajstić information content (AvgIpc) is 2.67. The fourth-order valence-electron chi connectivity index (χ4n) is 2.47. The quantitative estimate of drug-likeness (QED) is 0.631. The highest BCUT2D eigenvalue weighted by atomic mass is 32.2. The van der Waals surface area contributed by atoms with Crippen LogP contribution in [0.15, 0.2) is 71.6 Å². The molecule has 0 aliphatic heterocycles. The Balaban J connectivity index is 1.64. The number of amides is 1. The van der Waals surface area contributed by atoms with Crippen molar-refractivity contribution in [2.45, 2.75) is 11.3 Å². The minimum absolute atomic E-state index is 0.0464. The third-order valence-corrected chi connectivity index (χ3v) is 5.28. The van der Waals surface area contributed by atoms with Crippen molar-refractivity contribution >= 4 is 27.3 Å². The molecule has 0 aliphatic carbocycles. The number of carbonyl (C=O) groups is 1. The minimum Gasteiger partial charge on any atom is -0.326 e. The molecule has 0 unspecified atom stereocenters. The van der Waals surface area contributed by atoms with Crippen molar-refractivity contribution in [2.75, 3.05) is 10.0 Å². The van der Waals surface area contributed by atoms with Gasteiger partial charge in [-0.25, -0.2) is 21.6 Å². The molecule has 0 spiro atoms. The van der Waals surface area contributed by atoms with Crippen LogP contribution in [0.25, 0.3) is 0 Å².